The summed E-state index contributed by atoms with van der Waals surface area (Å²) in [5.74, 6) is 0. The third-order valence-electron chi connectivity index (χ3n) is 4.80. The number of rotatable bonds is 2. The van der Waals surface area contributed by atoms with Gasteiger partial charge in [0.15, 0.2) is 5.11 Å². The van der Waals surface area contributed by atoms with Crippen molar-refractivity contribution < 1.29 is 0 Å². The van der Waals surface area contributed by atoms with Gasteiger partial charge in [-0.05, 0) is 71.9 Å². The molecule has 2 aliphatic rings. The first-order valence-electron chi connectivity index (χ1n) is 8.70. The minimum atomic E-state index is 0.0300. The van der Waals surface area contributed by atoms with Gasteiger partial charge in [0.2, 0.25) is 0 Å². The maximum absolute atomic E-state index is 6.07. The topological polar surface area (TPSA) is 27.3 Å². The molecule has 0 spiro atoms. The molecule has 0 saturated heterocycles. The average Bonchev–Trinajstić information content (AvgIpc) is 2.64. The lowest BCUT2D eigenvalue weighted by Crippen LogP contribution is -2.49. The zero-order chi connectivity index (χ0) is 19.0. The summed E-state index contributed by atoms with van der Waals surface area (Å²) in [5.41, 5.74) is 5.87. The van der Waals surface area contributed by atoms with Crippen molar-refractivity contribution in [2.45, 2.75) is 6.04 Å². The van der Waals surface area contributed by atoms with Gasteiger partial charge in [-0.1, -0.05) is 47.5 Å². The molecule has 2 aromatic rings. The third kappa shape index (κ3) is 4.04. The molecule has 2 N–H and O–H groups in total. The number of nitrogens with one attached hydrogen (secondary N) is 2. The fourth-order valence-corrected chi connectivity index (χ4v) is 4.06. The van der Waals surface area contributed by atoms with Crippen LogP contribution in [-0.4, -0.2) is 30.1 Å². The Morgan fingerprint density at radius 2 is 1.63 bits per heavy atom. The highest BCUT2D eigenvalue weighted by atomic mass is 35.5. The summed E-state index contributed by atoms with van der Waals surface area (Å²) in [6, 6.07) is 15.8. The molecule has 3 nitrogen and oxygen atoms in total. The smallest absolute Gasteiger partial charge is 0.171 e. The van der Waals surface area contributed by atoms with E-state index in [1.807, 2.05) is 36.4 Å². The van der Waals surface area contributed by atoms with Crippen molar-refractivity contribution in [3.8, 4) is 0 Å². The summed E-state index contributed by atoms with van der Waals surface area (Å²) < 4.78 is 0. The molecule has 1 atom stereocenters. The van der Waals surface area contributed by atoms with E-state index in [9.17, 15) is 0 Å². The van der Waals surface area contributed by atoms with Crippen LogP contribution in [0.3, 0.4) is 0 Å². The van der Waals surface area contributed by atoms with Gasteiger partial charge in [-0.25, -0.2) is 0 Å². The number of nitrogens with zero attached hydrogens (tertiary/aromatic N) is 1. The van der Waals surface area contributed by atoms with Crippen molar-refractivity contribution in [2.24, 2.45) is 0 Å². The zero-order valence-corrected chi connectivity index (χ0v) is 17.1. The second kappa shape index (κ2) is 7.64. The second-order valence-corrected chi connectivity index (χ2v) is 8.16. The molecule has 0 fully saturated rings. The third-order valence-corrected chi connectivity index (χ3v) is 5.52. The van der Waals surface area contributed by atoms with E-state index < -0.39 is 0 Å². The Hall–Kier alpha value is -1.85. The first kappa shape index (κ1) is 18.5. The molecule has 0 aromatic heterocycles. The van der Waals surface area contributed by atoms with Crippen LogP contribution >= 0.6 is 35.4 Å². The Morgan fingerprint density at radius 3 is 2.30 bits per heavy atom. The fraction of sp³-hybridized carbons (Fsp3) is 0.190. The minimum Gasteiger partial charge on any atom is -0.352 e. The quantitative estimate of drug-likeness (QED) is 0.689. The summed E-state index contributed by atoms with van der Waals surface area (Å²) >= 11 is 17.6. The van der Waals surface area contributed by atoms with Crippen LogP contribution in [0.25, 0.3) is 6.08 Å². The summed E-state index contributed by atoms with van der Waals surface area (Å²) in [5, 5.41) is 8.90. The normalized spacial score (nSPS) is 21.7. The number of likely N-dealkylation sites (N-methyl/N-ethyl adjacent to an activating group) is 1. The largest absolute Gasteiger partial charge is 0.352 e. The highest BCUT2D eigenvalue weighted by Crippen LogP contribution is 2.34. The zero-order valence-electron chi connectivity index (χ0n) is 14.8. The first-order valence-corrected chi connectivity index (χ1v) is 9.87. The molecule has 0 saturated carbocycles. The monoisotopic (exact) mass is 415 g/mol. The van der Waals surface area contributed by atoms with E-state index in [0.29, 0.717) is 5.11 Å². The SMILES string of the molecule is CN1CC2=C(NC(=S)N[C@@H]2c2ccc(Cl)cc2)/C(=C/c2ccc(Cl)cc2)C1. The molecule has 6 heteroatoms. The molecular weight excluding hydrogens is 397 g/mol. The van der Waals surface area contributed by atoms with Gasteiger partial charge < -0.3 is 10.6 Å². The number of thiocarbonyl (C=S) groups is 1. The lowest BCUT2D eigenvalue weighted by Gasteiger charge is -2.39. The summed E-state index contributed by atoms with van der Waals surface area (Å²) in [7, 11) is 2.13. The molecule has 0 aliphatic carbocycles. The van der Waals surface area contributed by atoms with Gasteiger partial charge in [-0.15, -0.1) is 0 Å². The highest BCUT2D eigenvalue weighted by molar-refractivity contribution is 7.80. The van der Waals surface area contributed by atoms with Crippen LogP contribution in [0.15, 0.2) is 65.4 Å². The summed E-state index contributed by atoms with van der Waals surface area (Å²) in [6.45, 7) is 1.72. The van der Waals surface area contributed by atoms with E-state index in [1.165, 1.54) is 11.1 Å². The molecule has 0 bridgehead atoms. The average molecular weight is 416 g/mol. The Balaban J connectivity index is 1.78. The van der Waals surface area contributed by atoms with E-state index in [2.05, 4.69) is 40.8 Å². The predicted octanol–water partition coefficient (Wildman–Crippen LogP) is 4.80. The molecular formula is C21H19Cl2N3S. The van der Waals surface area contributed by atoms with Crippen molar-refractivity contribution in [1.29, 1.82) is 0 Å². The maximum Gasteiger partial charge on any atom is 0.171 e. The number of hydrogen-bond acceptors (Lipinski definition) is 2. The van der Waals surface area contributed by atoms with Crippen LogP contribution in [0.4, 0.5) is 0 Å². The maximum atomic E-state index is 6.07. The van der Waals surface area contributed by atoms with Gasteiger partial charge >= 0.3 is 0 Å². The van der Waals surface area contributed by atoms with Gasteiger partial charge in [0.1, 0.15) is 0 Å². The number of benzene rings is 2. The minimum absolute atomic E-state index is 0.0300. The molecule has 4 rings (SSSR count). The molecule has 2 aromatic carbocycles. The standard InChI is InChI=1S/C21H19Cl2N3S/c1-26-11-15(10-13-2-6-16(22)7-3-13)20-18(12-26)19(24-21(27)25-20)14-4-8-17(23)9-5-14/h2-10,19H,11-12H2,1H3,(H2,24,25,27)/b15-10+/t19-/m1/s1. The van der Waals surface area contributed by atoms with Gasteiger partial charge in [0, 0.05) is 28.8 Å². The van der Waals surface area contributed by atoms with Gasteiger partial charge in [-0.2, -0.15) is 0 Å². The Bertz CT molecular complexity index is 933. The van der Waals surface area contributed by atoms with E-state index in [1.54, 1.807) is 0 Å². The van der Waals surface area contributed by atoms with Crippen LogP contribution in [-0.2, 0) is 0 Å². The summed E-state index contributed by atoms with van der Waals surface area (Å²) in [4.78, 5) is 2.31. The van der Waals surface area contributed by atoms with E-state index in [4.69, 9.17) is 35.4 Å². The fourth-order valence-electron chi connectivity index (χ4n) is 3.58. The number of hydrogen-bond donors (Lipinski definition) is 2. The highest BCUT2D eigenvalue weighted by Gasteiger charge is 2.32. The Labute approximate surface area is 174 Å². The molecule has 27 heavy (non-hydrogen) atoms. The summed E-state index contributed by atoms with van der Waals surface area (Å²) in [6.07, 6.45) is 2.20. The van der Waals surface area contributed by atoms with Gasteiger partial charge in [0.25, 0.3) is 0 Å². The van der Waals surface area contributed by atoms with E-state index in [0.717, 1.165) is 40.0 Å². The van der Waals surface area contributed by atoms with Crippen molar-refractivity contribution in [2.75, 3.05) is 20.1 Å². The van der Waals surface area contributed by atoms with E-state index in [-0.39, 0.29) is 6.04 Å². The molecule has 2 heterocycles. The molecule has 0 radical (unpaired) electrons. The van der Waals surface area contributed by atoms with Crippen LogP contribution in [0, 0.1) is 0 Å². The van der Waals surface area contributed by atoms with Crippen molar-refractivity contribution in [3.05, 3.63) is 86.5 Å². The number of halogens is 2. The lowest BCUT2D eigenvalue weighted by molar-refractivity contribution is 0.364. The van der Waals surface area contributed by atoms with Crippen LogP contribution in [0.1, 0.15) is 17.2 Å². The van der Waals surface area contributed by atoms with Gasteiger partial charge in [-0.3, -0.25) is 4.90 Å². The van der Waals surface area contributed by atoms with Crippen molar-refractivity contribution in [1.82, 2.24) is 15.5 Å². The van der Waals surface area contributed by atoms with Crippen LogP contribution in [0.5, 0.6) is 0 Å². The first-order chi connectivity index (χ1) is 13.0. The lowest BCUT2D eigenvalue weighted by atomic mass is 9.89. The predicted molar refractivity (Wildman–Crippen MR) is 117 cm³/mol. The molecule has 0 unspecified atom stereocenters. The Morgan fingerprint density at radius 1 is 1.00 bits per heavy atom. The van der Waals surface area contributed by atoms with Crippen LogP contribution < -0.4 is 10.6 Å². The van der Waals surface area contributed by atoms with Crippen molar-refractivity contribution >= 4 is 46.6 Å². The Kier molecular flexibility index (Phi) is 5.24. The molecule has 138 valence electrons. The van der Waals surface area contributed by atoms with Crippen molar-refractivity contribution in [3.63, 3.8) is 0 Å². The molecule has 0 amide bonds. The second-order valence-electron chi connectivity index (χ2n) is 6.88. The van der Waals surface area contributed by atoms with Gasteiger partial charge in [0.05, 0.1) is 6.04 Å². The van der Waals surface area contributed by atoms with E-state index >= 15 is 0 Å². The molecule has 2 aliphatic heterocycles. The van der Waals surface area contributed by atoms with Crippen LogP contribution in [0.2, 0.25) is 10.0 Å².